The van der Waals surface area contributed by atoms with Crippen LogP contribution in [-0.4, -0.2) is 52.4 Å². The van der Waals surface area contributed by atoms with Gasteiger partial charge >= 0.3 is 12.0 Å². The van der Waals surface area contributed by atoms with E-state index in [1.54, 1.807) is 11.1 Å². The molecule has 1 aromatic carbocycles. The SMILES string of the molecule is CC(=O)N1CC2=CN(CCC(=O)O)C(=O)NC2(c2ccc(CCC(C)(C)C)c(Cl)c2)C1. The summed E-state index contributed by atoms with van der Waals surface area (Å²) in [4.78, 5) is 38.9. The molecule has 0 radical (unpaired) electrons. The number of aryl methyl sites for hydroxylation is 1. The van der Waals surface area contributed by atoms with Crippen molar-refractivity contribution < 1.29 is 19.5 Å². The van der Waals surface area contributed by atoms with Gasteiger partial charge in [-0.05, 0) is 41.0 Å². The molecule has 3 amide bonds. The number of amides is 3. The Morgan fingerprint density at radius 3 is 2.58 bits per heavy atom. The molecule has 0 saturated carbocycles. The highest BCUT2D eigenvalue weighted by atomic mass is 35.5. The highest BCUT2D eigenvalue weighted by Crippen LogP contribution is 2.41. The Balaban J connectivity index is 1.95. The first-order chi connectivity index (χ1) is 14.4. The summed E-state index contributed by atoms with van der Waals surface area (Å²) in [6.07, 6.45) is 3.38. The van der Waals surface area contributed by atoms with Crippen molar-refractivity contribution in [3.05, 3.63) is 46.1 Å². The average molecular weight is 448 g/mol. The Morgan fingerprint density at radius 1 is 1.29 bits per heavy atom. The minimum atomic E-state index is -0.975. The molecular weight excluding hydrogens is 418 g/mol. The fourth-order valence-corrected chi connectivity index (χ4v) is 4.31. The van der Waals surface area contributed by atoms with Crippen LogP contribution in [0.1, 0.15) is 51.7 Å². The molecule has 0 spiro atoms. The lowest BCUT2D eigenvalue weighted by molar-refractivity contribution is -0.137. The summed E-state index contributed by atoms with van der Waals surface area (Å²) in [5.74, 6) is -1.06. The second kappa shape index (κ2) is 8.54. The molecular formula is C23H30ClN3O4. The fraction of sp³-hybridized carbons (Fsp3) is 0.522. The zero-order valence-corrected chi connectivity index (χ0v) is 19.3. The van der Waals surface area contributed by atoms with Crippen LogP contribution in [0.25, 0.3) is 0 Å². The van der Waals surface area contributed by atoms with Gasteiger partial charge in [-0.1, -0.05) is 44.5 Å². The number of hydrogen-bond donors (Lipinski definition) is 2. The van der Waals surface area contributed by atoms with Gasteiger partial charge in [-0.3, -0.25) is 9.59 Å². The molecule has 2 aliphatic rings. The Kier molecular flexibility index (Phi) is 6.37. The summed E-state index contributed by atoms with van der Waals surface area (Å²) >= 11 is 6.62. The van der Waals surface area contributed by atoms with Crippen molar-refractivity contribution in [3.63, 3.8) is 0 Å². The number of carbonyl (C=O) groups is 3. The Hall–Kier alpha value is -2.54. The number of likely N-dealkylation sites (tertiary alicyclic amines) is 1. The zero-order valence-electron chi connectivity index (χ0n) is 18.5. The number of carbonyl (C=O) groups excluding carboxylic acids is 2. The summed E-state index contributed by atoms with van der Waals surface area (Å²) in [6, 6.07) is 5.46. The lowest BCUT2D eigenvalue weighted by Crippen LogP contribution is -2.56. The second-order valence-electron chi connectivity index (χ2n) is 9.57. The molecule has 0 aromatic heterocycles. The van der Waals surface area contributed by atoms with E-state index in [2.05, 4.69) is 26.1 Å². The van der Waals surface area contributed by atoms with E-state index in [1.165, 1.54) is 11.8 Å². The predicted octanol–water partition coefficient (Wildman–Crippen LogP) is 3.76. The molecule has 1 unspecified atom stereocenters. The number of halogens is 1. The normalized spacial score (nSPS) is 20.9. The van der Waals surface area contributed by atoms with E-state index < -0.39 is 11.5 Å². The molecule has 2 N–H and O–H groups in total. The van der Waals surface area contributed by atoms with Gasteiger partial charge in [-0.25, -0.2) is 4.79 Å². The third-order valence-electron chi connectivity index (χ3n) is 5.93. The Morgan fingerprint density at radius 2 is 2.00 bits per heavy atom. The lowest BCUT2D eigenvalue weighted by Gasteiger charge is -2.38. The van der Waals surface area contributed by atoms with E-state index in [4.69, 9.17) is 16.7 Å². The summed E-state index contributed by atoms with van der Waals surface area (Å²) in [7, 11) is 0. The van der Waals surface area contributed by atoms with Crippen LogP contribution in [0.2, 0.25) is 5.02 Å². The molecule has 1 saturated heterocycles. The molecule has 8 heteroatoms. The standard InChI is InChI=1S/C23H30ClN3O4/c1-15(28)27-13-18-12-26(10-8-20(29)30)21(31)25-23(18,14-27)17-6-5-16(19(24)11-17)7-9-22(2,3)4/h5-6,11-12H,7-10,13-14H2,1-4H3,(H,25,31)(H,29,30). The minimum absolute atomic E-state index is 0.0628. The van der Waals surface area contributed by atoms with Gasteiger partial charge in [0.05, 0.1) is 13.0 Å². The molecule has 168 valence electrons. The van der Waals surface area contributed by atoms with Crippen molar-refractivity contribution in [1.82, 2.24) is 15.1 Å². The van der Waals surface area contributed by atoms with E-state index in [0.29, 0.717) is 18.1 Å². The first kappa shape index (κ1) is 23.1. The number of fused-ring (bicyclic) bond motifs is 1. The average Bonchev–Trinajstić information content (AvgIpc) is 3.04. The predicted molar refractivity (Wildman–Crippen MR) is 119 cm³/mol. The molecule has 7 nitrogen and oxygen atoms in total. The van der Waals surface area contributed by atoms with Gasteiger partial charge in [0.25, 0.3) is 0 Å². The molecule has 3 rings (SSSR count). The number of carboxylic acid groups (broad SMARTS) is 1. The van der Waals surface area contributed by atoms with Crippen molar-refractivity contribution in [3.8, 4) is 0 Å². The number of nitrogens with one attached hydrogen (secondary N) is 1. The minimum Gasteiger partial charge on any atom is -0.481 e. The van der Waals surface area contributed by atoms with E-state index in [9.17, 15) is 14.4 Å². The van der Waals surface area contributed by atoms with Crippen LogP contribution in [0.4, 0.5) is 4.79 Å². The molecule has 31 heavy (non-hydrogen) atoms. The molecule has 2 heterocycles. The zero-order chi connectivity index (χ0) is 23.0. The number of rotatable bonds is 6. The maximum Gasteiger partial charge on any atom is 0.322 e. The van der Waals surface area contributed by atoms with Crippen LogP contribution in [0.15, 0.2) is 30.0 Å². The number of benzene rings is 1. The lowest BCUT2D eigenvalue weighted by atomic mass is 9.83. The maximum absolute atomic E-state index is 12.8. The fourth-order valence-electron chi connectivity index (χ4n) is 4.04. The number of nitrogens with zero attached hydrogens (tertiary/aromatic N) is 2. The van der Waals surface area contributed by atoms with Gasteiger partial charge in [0.1, 0.15) is 5.54 Å². The number of carboxylic acids is 1. The van der Waals surface area contributed by atoms with Crippen molar-refractivity contribution in [2.75, 3.05) is 19.6 Å². The van der Waals surface area contributed by atoms with E-state index in [0.717, 1.165) is 29.5 Å². The van der Waals surface area contributed by atoms with Gasteiger partial charge < -0.3 is 20.2 Å². The van der Waals surface area contributed by atoms with Crippen molar-refractivity contribution >= 4 is 29.5 Å². The van der Waals surface area contributed by atoms with Crippen molar-refractivity contribution in [1.29, 1.82) is 0 Å². The summed E-state index contributed by atoms with van der Waals surface area (Å²) in [5.41, 5.74) is 2.04. The quantitative estimate of drug-likeness (QED) is 0.694. The Labute approximate surface area is 188 Å². The van der Waals surface area contributed by atoms with E-state index in [1.807, 2.05) is 18.2 Å². The van der Waals surface area contributed by atoms with Crippen LogP contribution in [0.5, 0.6) is 0 Å². The molecule has 1 fully saturated rings. The van der Waals surface area contributed by atoms with Crippen LogP contribution in [-0.2, 0) is 21.5 Å². The van der Waals surface area contributed by atoms with E-state index in [-0.39, 0.29) is 30.3 Å². The molecule has 0 aliphatic carbocycles. The third kappa shape index (κ3) is 5.03. The smallest absolute Gasteiger partial charge is 0.322 e. The summed E-state index contributed by atoms with van der Waals surface area (Å²) < 4.78 is 0. The molecule has 0 bridgehead atoms. The topological polar surface area (TPSA) is 90.0 Å². The monoisotopic (exact) mass is 447 g/mol. The first-order valence-electron chi connectivity index (χ1n) is 10.5. The van der Waals surface area contributed by atoms with Gasteiger partial charge in [-0.15, -0.1) is 0 Å². The van der Waals surface area contributed by atoms with Gasteiger partial charge in [0, 0.05) is 31.2 Å². The highest BCUT2D eigenvalue weighted by Gasteiger charge is 2.49. The summed E-state index contributed by atoms with van der Waals surface area (Å²) in [6.45, 7) is 8.80. The maximum atomic E-state index is 12.8. The largest absolute Gasteiger partial charge is 0.481 e. The highest BCUT2D eigenvalue weighted by molar-refractivity contribution is 6.31. The van der Waals surface area contributed by atoms with Crippen molar-refractivity contribution in [2.45, 2.75) is 52.5 Å². The Bertz CT molecular complexity index is 937. The number of aliphatic carboxylic acids is 1. The summed E-state index contributed by atoms with van der Waals surface area (Å²) in [5, 5.41) is 12.6. The van der Waals surface area contributed by atoms with Crippen LogP contribution >= 0.6 is 11.6 Å². The molecule has 1 atom stereocenters. The first-order valence-corrected chi connectivity index (χ1v) is 10.9. The van der Waals surface area contributed by atoms with Gasteiger partial charge in [0.2, 0.25) is 5.91 Å². The van der Waals surface area contributed by atoms with Gasteiger partial charge in [0.15, 0.2) is 0 Å². The van der Waals surface area contributed by atoms with Crippen molar-refractivity contribution in [2.24, 2.45) is 5.41 Å². The van der Waals surface area contributed by atoms with E-state index >= 15 is 0 Å². The number of hydrogen-bond acceptors (Lipinski definition) is 3. The molecule has 2 aliphatic heterocycles. The van der Waals surface area contributed by atoms with Crippen LogP contribution < -0.4 is 5.32 Å². The number of urea groups is 1. The third-order valence-corrected chi connectivity index (χ3v) is 6.28. The van der Waals surface area contributed by atoms with Crippen LogP contribution in [0.3, 0.4) is 0 Å². The van der Waals surface area contributed by atoms with Gasteiger partial charge in [-0.2, -0.15) is 0 Å². The second-order valence-corrected chi connectivity index (χ2v) is 9.98. The van der Waals surface area contributed by atoms with Crippen LogP contribution in [0, 0.1) is 5.41 Å². The molecule has 1 aromatic rings.